The number of carbonyl (C=O) groups excluding carboxylic acids is 4. The molecular formula is C21H18Cl4N2O4. The summed E-state index contributed by atoms with van der Waals surface area (Å²) in [6, 6.07) is 6.31. The van der Waals surface area contributed by atoms with Crippen molar-refractivity contribution in [3.63, 3.8) is 0 Å². The number of hydrogen-bond donors (Lipinski definition) is 0. The molecule has 0 bridgehead atoms. The average molecular weight is 504 g/mol. The molecule has 0 spiro atoms. The Morgan fingerprint density at radius 2 is 0.806 bits per heavy atom. The summed E-state index contributed by atoms with van der Waals surface area (Å²) < 4.78 is 0. The fourth-order valence-corrected chi connectivity index (χ4v) is 4.58. The zero-order valence-corrected chi connectivity index (χ0v) is 20.1. The van der Waals surface area contributed by atoms with Crippen LogP contribution in [0, 0.1) is 0 Å². The summed E-state index contributed by atoms with van der Waals surface area (Å²) in [7, 11) is 0. The molecule has 0 saturated heterocycles. The summed E-state index contributed by atoms with van der Waals surface area (Å²) in [5.41, 5.74) is 1.55. The second kappa shape index (κ2) is 10.0. The number of hydrogen-bond acceptors (Lipinski definition) is 4. The largest absolute Gasteiger partial charge is 0.274 e. The van der Waals surface area contributed by atoms with Crippen LogP contribution in [0.3, 0.4) is 0 Å². The molecular weight excluding hydrogens is 486 g/mol. The van der Waals surface area contributed by atoms with Crippen molar-refractivity contribution in [1.82, 2.24) is 0 Å². The Morgan fingerprint density at radius 3 is 1.00 bits per heavy atom. The molecule has 31 heavy (non-hydrogen) atoms. The molecule has 2 aromatic rings. The zero-order chi connectivity index (χ0) is 23.6. The summed E-state index contributed by atoms with van der Waals surface area (Å²) in [5.74, 6) is -2.06. The quantitative estimate of drug-likeness (QED) is 0.537. The molecule has 6 nitrogen and oxygen atoms in total. The lowest BCUT2D eigenvalue weighted by atomic mass is 10.0. The van der Waals surface area contributed by atoms with Gasteiger partial charge in [-0.25, -0.2) is 9.80 Å². The predicted octanol–water partition coefficient (Wildman–Crippen LogP) is 5.69. The summed E-state index contributed by atoms with van der Waals surface area (Å²) >= 11 is 25.3. The molecule has 4 amide bonds. The second-order valence-corrected chi connectivity index (χ2v) is 8.37. The minimum atomic E-state index is -0.515. The third-order valence-corrected chi connectivity index (χ3v) is 5.42. The molecule has 0 heterocycles. The van der Waals surface area contributed by atoms with Gasteiger partial charge in [0.2, 0.25) is 23.6 Å². The first-order valence-corrected chi connectivity index (χ1v) is 10.4. The second-order valence-electron chi connectivity index (χ2n) is 6.74. The maximum Gasteiger partial charge on any atom is 0.230 e. The first kappa shape index (κ1) is 25.1. The van der Waals surface area contributed by atoms with Crippen LogP contribution in [0.25, 0.3) is 0 Å². The van der Waals surface area contributed by atoms with Crippen LogP contribution in [0.15, 0.2) is 24.3 Å². The summed E-state index contributed by atoms with van der Waals surface area (Å²) in [5, 5.41) is 0.504. The molecule has 0 aliphatic rings. The van der Waals surface area contributed by atoms with Crippen LogP contribution < -0.4 is 9.80 Å². The van der Waals surface area contributed by atoms with Gasteiger partial charge in [-0.15, -0.1) is 0 Å². The van der Waals surface area contributed by atoms with Crippen molar-refractivity contribution in [3.8, 4) is 0 Å². The van der Waals surface area contributed by atoms with Gasteiger partial charge in [-0.3, -0.25) is 19.2 Å². The van der Waals surface area contributed by atoms with E-state index < -0.39 is 23.6 Å². The molecule has 0 saturated carbocycles. The summed E-state index contributed by atoms with van der Waals surface area (Å²) in [6.45, 7) is 4.94. The SMILES string of the molecule is CC(=O)N(C(C)=O)c1c(Cl)cc(Cc2cc(Cl)c(N(C(C)=O)C(C)=O)c(Cl)c2)cc1Cl. The maximum absolute atomic E-state index is 11.8. The number of amides is 4. The third kappa shape index (κ3) is 5.57. The Balaban J connectivity index is 2.46. The number of carbonyl (C=O) groups is 4. The van der Waals surface area contributed by atoms with Gasteiger partial charge in [-0.2, -0.15) is 0 Å². The highest BCUT2D eigenvalue weighted by Gasteiger charge is 2.24. The highest BCUT2D eigenvalue weighted by atomic mass is 35.5. The van der Waals surface area contributed by atoms with Crippen LogP contribution in [0.1, 0.15) is 38.8 Å². The molecule has 0 radical (unpaired) electrons. The molecule has 2 aromatic carbocycles. The van der Waals surface area contributed by atoms with Gasteiger partial charge in [0.1, 0.15) is 0 Å². The zero-order valence-electron chi connectivity index (χ0n) is 17.1. The maximum atomic E-state index is 11.8. The van der Waals surface area contributed by atoms with E-state index in [-0.39, 0.29) is 31.5 Å². The highest BCUT2D eigenvalue weighted by molar-refractivity contribution is 6.42. The van der Waals surface area contributed by atoms with Gasteiger partial charge >= 0.3 is 0 Å². The van der Waals surface area contributed by atoms with Crippen molar-refractivity contribution in [2.24, 2.45) is 0 Å². The molecule has 0 aliphatic heterocycles. The van der Waals surface area contributed by atoms with E-state index in [0.717, 1.165) is 9.80 Å². The van der Waals surface area contributed by atoms with Gasteiger partial charge < -0.3 is 0 Å². The molecule has 0 unspecified atom stereocenters. The minimum Gasteiger partial charge on any atom is -0.274 e. The molecule has 2 rings (SSSR count). The highest BCUT2D eigenvalue weighted by Crippen LogP contribution is 2.38. The Labute approximate surface area is 199 Å². The number of anilines is 2. The number of halogens is 4. The van der Waals surface area contributed by atoms with E-state index in [1.807, 2.05) is 0 Å². The van der Waals surface area contributed by atoms with Gasteiger partial charge in [0.15, 0.2) is 0 Å². The molecule has 10 heteroatoms. The van der Waals surface area contributed by atoms with Crippen molar-refractivity contribution in [2.75, 3.05) is 9.80 Å². The van der Waals surface area contributed by atoms with Crippen molar-refractivity contribution < 1.29 is 19.2 Å². The summed E-state index contributed by atoms with van der Waals surface area (Å²) in [6.07, 6.45) is 0.305. The van der Waals surface area contributed by atoms with Crippen molar-refractivity contribution in [1.29, 1.82) is 0 Å². The first-order chi connectivity index (χ1) is 14.3. The molecule has 0 aliphatic carbocycles. The van der Waals surface area contributed by atoms with Crippen molar-refractivity contribution in [2.45, 2.75) is 34.1 Å². The average Bonchev–Trinajstić information content (AvgIpc) is 2.59. The molecule has 164 valence electrons. The van der Waals surface area contributed by atoms with Crippen LogP contribution in [0.4, 0.5) is 11.4 Å². The van der Waals surface area contributed by atoms with Gasteiger partial charge in [0.25, 0.3) is 0 Å². The monoisotopic (exact) mass is 502 g/mol. The van der Waals surface area contributed by atoms with E-state index in [2.05, 4.69) is 0 Å². The third-order valence-electron chi connectivity index (χ3n) is 4.27. The van der Waals surface area contributed by atoms with Gasteiger partial charge in [0, 0.05) is 27.7 Å². The Morgan fingerprint density at radius 1 is 0.581 bits per heavy atom. The van der Waals surface area contributed by atoms with Gasteiger partial charge in [-0.05, 0) is 41.8 Å². The van der Waals surface area contributed by atoms with Crippen molar-refractivity contribution in [3.05, 3.63) is 55.5 Å². The Hall–Kier alpha value is -2.12. The normalized spacial score (nSPS) is 10.6. The van der Waals surface area contributed by atoms with Gasteiger partial charge in [0.05, 0.1) is 31.5 Å². The summed E-state index contributed by atoms with van der Waals surface area (Å²) in [4.78, 5) is 49.1. The number of rotatable bonds is 4. The van der Waals surface area contributed by atoms with Crippen LogP contribution in [-0.2, 0) is 25.6 Å². The van der Waals surface area contributed by atoms with Crippen LogP contribution in [0.5, 0.6) is 0 Å². The molecule has 0 aromatic heterocycles. The molecule has 0 atom stereocenters. The predicted molar refractivity (Wildman–Crippen MR) is 123 cm³/mol. The van der Waals surface area contributed by atoms with E-state index in [9.17, 15) is 19.2 Å². The van der Waals surface area contributed by atoms with Crippen LogP contribution in [0.2, 0.25) is 20.1 Å². The smallest absolute Gasteiger partial charge is 0.230 e. The lowest BCUT2D eigenvalue weighted by Crippen LogP contribution is -2.33. The molecule has 0 N–H and O–H groups in total. The van der Waals surface area contributed by atoms with E-state index >= 15 is 0 Å². The lowest BCUT2D eigenvalue weighted by molar-refractivity contribution is -0.125. The fraction of sp³-hybridized carbons (Fsp3) is 0.238. The Kier molecular flexibility index (Phi) is 8.11. The Bertz CT molecular complexity index is 941. The minimum absolute atomic E-state index is 0.108. The van der Waals surface area contributed by atoms with E-state index in [1.54, 1.807) is 24.3 Å². The van der Waals surface area contributed by atoms with Crippen molar-refractivity contribution >= 4 is 81.4 Å². The standard InChI is InChI=1S/C21H18Cl4N2O4/c1-10(28)26(11(2)29)20-16(22)6-14(7-17(20)23)5-15-8-18(24)21(19(25)9-15)27(12(3)30)13(4)31/h6-9H,5H2,1-4H3. The van der Waals surface area contributed by atoms with E-state index in [4.69, 9.17) is 46.4 Å². The first-order valence-electron chi connectivity index (χ1n) is 8.93. The van der Waals surface area contributed by atoms with Crippen LogP contribution in [-0.4, -0.2) is 23.6 Å². The number of imide groups is 2. The van der Waals surface area contributed by atoms with E-state index in [0.29, 0.717) is 17.5 Å². The fourth-order valence-electron chi connectivity index (χ4n) is 3.18. The van der Waals surface area contributed by atoms with E-state index in [1.165, 1.54) is 27.7 Å². The van der Waals surface area contributed by atoms with Crippen LogP contribution >= 0.6 is 46.4 Å². The number of benzene rings is 2. The van der Waals surface area contributed by atoms with Gasteiger partial charge in [-0.1, -0.05) is 46.4 Å². The number of nitrogens with zero attached hydrogens (tertiary/aromatic N) is 2. The lowest BCUT2D eigenvalue weighted by Gasteiger charge is -2.22. The topological polar surface area (TPSA) is 74.8 Å². The molecule has 0 fully saturated rings.